The van der Waals surface area contributed by atoms with E-state index in [1.165, 1.54) is 64.5 Å². The van der Waals surface area contributed by atoms with E-state index in [2.05, 4.69) is 31.8 Å². The highest BCUT2D eigenvalue weighted by Crippen LogP contribution is 2.28. The average molecular weight is 251 g/mol. The van der Waals surface area contributed by atoms with Crippen molar-refractivity contribution in [3.8, 4) is 0 Å². The third-order valence-corrected chi connectivity index (χ3v) is 4.78. The Balaban J connectivity index is 1.97. The number of hydrogen-bond donors (Lipinski definition) is 1. The second-order valence-electron chi connectivity index (χ2n) is 6.05. The van der Waals surface area contributed by atoms with Gasteiger partial charge in [-0.15, -0.1) is 6.58 Å². The van der Waals surface area contributed by atoms with Crippen molar-refractivity contribution in [2.24, 2.45) is 17.8 Å². The smallest absolute Gasteiger partial charge is 0.00205 e. The van der Waals surface area contributed by atoms with Gasteiger partial charge in [-0.25, -0.2) is 0 Å². The van der Waals surface area contributed by atoms with E-state index in [0.717, 1.165) is 17.8 Å². The molecule has 0 radical (unpaired) electrons. The molecule has 1 saturated carbocycles. The zero-order valence-corrected chi connectivity index (χ0v) is 12.6. The topological polar surface area (TPSA) is 12.0 Å². The summed E-state index contributed by atoms with van der Waals surface area (Å²) >= 11 is 0. The molecule has 1 aliphatic carbocycles. The summed E-state index contributed by atoms with van der Waals surface area (Å²) < 4.78 is 0. The zero-order valence-electron chi connectivity index (χ0n) is 12.6. The van der Waals surface area contributed by atoms with Crippen LogP contribution in [0.25, 0.3) is 0 Å². The predicted octanol–water partition coefficient (Wildman–Crippen LogP) is 4.78. The third-order valence-electron chi connectivity index (χ3n) is 4.78. The van der Waals surface area contributed by atoms with Crippen LogP contribution >= 0.6 is 0 Å². The Labute approximate surface area is 114 Å². The minimum atomic E-state index is 0.802. The standard InChI is InChI=1S/C17H33N/c1-4-15(5-2)8-7-13-18-14-17-11-9-16(6-3)10-12-17/h6,15-18H,3-5,7-14H2,1-2H3. The van der Waals surface area contributed by atoms with Crippen LogP contribution in [0, 0.1) is 17.8 Å². The number of allylic oxidation sites excluding steroid dienone is 1. The van der Waals surface area contributed by atoms with E-state index in [1.54, 1.807) is 0 Å². The van der Waals surface area contributed by atoms with Gasteiger partial charge in [0.05, 0.1) is 0 Å². The highest BCUT2D eigenvalue weighted by Gasteiger charge is 2.18. The van der Waals surface area contributed by atoms with Crippen LogP contribution in [0.1, 0.15) is 65.2 Å². The Bertz CT molecular complexity index is 200. The van der Waals surface area contributed by atoms with Gasteiger partial charge in [0.1, 0.15) is 0 Å². The molecule has 1 N–H and O–H groups in total. The summed E-state index contributed by atoms with van der Waals surface area (Å²) in [6.45, 7) is 11.0. The lowest BCUT2D eigenvalue weighted by Gasteiger charge is -2.26. The van der Waals surface area contributed by atoms with Gasteiger partial charge in [-0.3, -0.25) is 0 Å². The molecular formula is C17H33N. The van der Waals surface area contributed by atoms with Crippen LogP contribution in [0.3, 0.4) is 0 Å². The fourth-order valence-electron chi connectivity index (χ4n) is 3.15. The monoisotopic (exact) mass is 251 g/mol. The Morgan fingerprint density at radius 1 is 1.17 bits per heavy atom. The Morgan fingerprint density at radius 2 is 1.83 bits per heavy atom. The first kappa shape index (κ1) is 15.8. The lowest BCUT2D eigenvalue weighted by Crippen LogP contribution is -2.27. The molecular weight excluding hydrogens is 218 g/mol. The first-order chi connectivity index (χ1) is 8.80. The van der Waals surface area contributed by atoms with Crippen LogP contribution in [0.5, 0.6) is 0 Å². The second kappa shape index (κ2) is 9.61. The molecule has 106 valence electrons. The van der Waals surface area contributed by atoms with Gasteiger partial charge in [0.15, 0.2) is 0 Å². The molecule has 0 atom stereocenters. The average Bonchev–Trinajstić information content (AvgIpc) is 2.43. The van der Waals surface area contributed by atoms with Crippen molar-refractivity contribution in [1.82, 2.24) is 5.32 Å². The zero-order chi connectivity index (χ0) is 13.2. The predicted molar refractivity (Wildman–Crippen MR) is 81.8 cm³/mol. The highest BCUT2D eigenvalue weighted by molar-refractivity contribution is 4.84. The summed E-state index contributed by atoms with van der Waals surface area (Å²) in [5.74, 6) is 2.68. The fourth-order valence-corrected chi connectivity index (χ4v) is 3.15. The van der Waals surface area contributed by atoms with Crippen molar-refractivity contribution in [1.29, 1.82) is 0 Å². The van der Waals surface area contributed by atoms with Crippen LogP contribution in [-0.2, 0) is 0 Å². The first-order valence-electron chi connectivity index (χ1n) is 8.13. The normalized spacial score (nSPS) is 24.4. The maximum atomic E-state index is 3.91. The first-order valence-corrected chi connectivity index (χ1v) is 8.13. The molecule has 0 amide bonds. The molecule has 0 heterocycles. The van der Waals surface area contributed by atoms with E-state index in [9.17, 15) is 0 Å². The van der Waals surface area contributed by atoms with Gasteiger partial charge >= 0.3 is 0 Å². The summed E-state index contributed by atoms with van der Waals surface area (Å²) in [7, 11) is 0. The highest BCUT2D eigenvalue weighted by atomic mass is 14.9. The lowest BCUT2D eigenvalue weighted by atomic mass is 9.82. The van der Waals surface area contributed by atoms with Crippen molar-refractivity contribution >= 4 is 0 Å². The summed E-state index contributed by atoms with van der Waals surface area (Å²) in [5, 5.41) is 3.67. The summed E-state index contributed by atoms with van der Waals surface area (Å²) in [6, 6.07) is 0. The van der Waals surface area contributed by atoms with Gasteiger partial charge < -0.3 is 5.32 Å². The van der Waals surface area contributed by atoms with E-state index in [-0.39, 0.29) is 0 Å². The molecule has 0 unspecified atom stereocenters. The number of nitrogens with one attached hydrogen (secondary N) is 1. The summed E-state index contributed by atoms with van der Waals surface area (Å²) in [5.41, 5.74) is 0. The lowest BCUT2D eigenvalue weighted by molar-refractivity contribution is 0.298. The van der Waals surface area contributed by atoms with E-state index in [1.807, 2.05) is 0 Å². The van der Waals surface area contributed by atoms with Crippen LogP contribution in [0.4, 0.5) is 0 Å². The molecule has 0 aromatic heterocycles. The van der Waals surface area contributed by atoms with E-state index >= 15 is 0 Å². The molecule has 0 spiro atoms. The van der Waals surface area contributed by atoms with E-state index in [4.69, 9.17) is 0 Å². The molecule has 1 heteroatoms. The molecule has 0 aromatic carbocycles. The SMILES string of the molecule is C=CC1CCC(CNCCCC(CC)CC)CC1. The Kier molecular flexibility index (Phi) is 8.41. The number of hydrogen-bond acceptors (Lipinski definition) is 1. The van der Waals surface area contributed by atoms with Gasteiger partial charge in [0.25, 0.3) is 0 Å². The Hall–Kier alpha value is -0.300. The molecule has 0 aliphatic heterocycles. The van der Waals surface area contributed by atoms with Gasteiger partial charge in [-0.2, -0.15) is 0 Å². The molecule has 0 aromatic rings. The quantitative estimate of drug-likeness (QED) is 0.459. The van der Waals surface area contributed by atoms with Crippen LogP contribution in [0.2, 0.25) is 0 Å². The maximum Gasteiger partial charge on any atom is -0.00205 e. The van der Waals surface area contributed by atoms with Gasteiger partial charge in [-0.05, 0) is 69.4 Å². The molecule has 1 rings (SSSR count). The third kappa shape index (κ3) is 6.04. The molecule has 1 fully saturated rings. The van der Waals surface area contributed by atoms with Crippen molar-refractivity contribution in [3.05, 3.63) is 12.7 Å². The molecule has 18 heavy (non-hydrogen) atoms. The molecule has 1 aliphatic rings. The maximum absolute atomic E-state index is 3.91. The molecule has 1 nitrogen and oxygen atoms in total. The fraction of sp³-hybridized carbons (Fsp3) is 0.882. The summed E-state index contributed by atoms with van der Waals surface area (Å²) in [6.07, 6.45) is 13.1. The van der Waals surface area contributed by atoms with Crippen molar-refractivity contribution < 1.29 is 0 Å². The minimum absolute atomic E-state index is 0.802. The van der Waals surface area contributed by atoms with Crippen molar-refractivity contribution in [2.75, 3.05) is 13.1 Å². The van der Waals surface area contributed by atoms with Crippen LogP contribution in [0.15, 0.2) is 12.7 Å². The van der Waals surface area contributed by atoms with Crippen LogP contribution in [-0.4, -0.2) is 13.1 Å². The minimum Gasteiger partial charge on any atom is -0.316 e. The van der Waals surface area contributed by atoms with Gasteiger partial charge in [-0.1, -0.05) is 32.8 Å². The largest absolute Gasteiger partial charge is 0.316 e. The second-order valence-corrected chi connectivity index (χ2v) is 6.05. The van der Waals surface area contributed by atoms with Crippen molar-refractivity contribution in [3.63, 3.8) is 0 Å². The Morgan fingerprint density at radius 3 is 2.39 bits per heavy atom. The van der Waals surface area contributed by atoms with Gasteiger partial charge in [0.2, 0.25) is 0 Å². The van der Waals surface area contributed by atoms with E-state index < -0.39 is 0 Å². The summed E-state index contributed by atoms with van der Waals surface area (Å²) in [4.78, 5) is 0. The molecule has 0 bridgehead atoms. The van der Waals surface area contributed by atoms with Crippen LogP contribution < -0.4 is 5.32 Å². The van der Waals surface area contributed by atoms with Gasteiger partial charge in [0, 0.05) is 0 Å². The van der Waals surface area contributed by atoms with E-state index in [0.29, 0.717) is 0 Å². The molecule has 0 saturated heterocycles. The number of rotatable bonds is 9. The van der Waals surface area contributed by atoms with Crippen molar-refractivity contribution in [2.45, 2.75) is 65.2 Å².